The molecule has 1 aliphatic carbocycles. The van der Waals surface area contributed by atoms with Crippen LogP contribution in [0.25, 0.3) is 11.3 Å². The highest BCUT2D eigenvalue weighted by Gasteiger charge is 2.20. The monoisotopic (exact) mass is 296 g/mol. The molecule has 0 bridgehead atoms. The number of hydrogen-bond acceptors (Lipinski definition) is 4. The zero-order valence-electron chi connectivity index (χ0n) is 12.5. The second-order valence-electron chi connectivity index (χ2n) is 5.66. The number of rotatable bonds is 3. The van der Waals surface area contributed by atoms with Gasteiger partial charge in [0, 0.05) is 11.6 Å². The standard InChI is InChI=1S/C17H20N4O/c18-16-15(17(22)20-13-9-5-2-6-10-13)21-14(11-19-16)12-7-3-1-4-8-12/h1,3-4,7-8,11,13H,2,5-6,9-10H2,(H2,18,19)(H,20,22). The van der Waals surface area contributed by atoms with Gasteiger partial charge in [-0.15, -0.1) is 0 Å². The summed E-state index contributed by atoms with van der Waals surface area (Å²) in [5.41, 5.74) is 7.63. The highest BCUT2D eigenvalue weighted by Crippen LogP contribution is 2.20. The van der Waals surface area contributed by atoms with Crippen molar-refractivity contribution in [3.8, 4) is 11.3 Å². The summed E-state index contributed by atoms with van der Waals surface area (Å²) in [4.78, 5) is 21.0. The topological polar surface area (TPSA) is 80.9 Å². The van der Waals surface area contributed by atoms with E-state index in [0.29, 0.717) is 5.69 Å². The molecule has 1 fully saturated rings. The lowest BCUT2D eigenvalue weighted by Gasteiger charge is -2.22. The first kappa shape index (κ1) is 14.5. The number of aromatic nitrogens is 2. The van der Waals surface area contributed by atoms with E-state index in [1.807, 2.05) is 30.3 Å². The molecular formula is C17H20N4O. The summed E-state index contributed by atoms with van der Waals surface area (Å²) in [5, 5.41) is 3.03. The van der Waals surface area contributed by atoms with E-state index < -0.39 is 0 Å². The molecule has 0 atom stereocenters. The lowest BCUT2D eigenvalue weighted by molar-refractivity contribution is 0.0923. The molecule has 3 rings (SSSR count). The third-order valence-electron chi connectivity index (χ3n) is 4.03. The van der Waals surface area contributed by atoms with Crippen LogP contribution in [0.15, 0.2) is 36.5 Å². The predicted molar refractivity (Wildman–Crippen MR) is 86.2 cm³/mol. The lowest BCUT2D eigenvalue weighted by atomic mass is 9.95. The van der Waals surface area contributed by atoms with E-state index in [1.165, 1.54) is 6.42 Å². The summed E-state index contributed by atoms with van der Waals surface area (Å²) >= 11 is 0. The molecule has 0 aliphatic heterocycles. The summed E-state index contributed by atoms with van der Waals surface area (Å²) in [6, 6.07) is 9.88. The minimum Gasteiger partial charge on any atom is -0.382 e. The van der Waals surface area contributed by atoms with Crippen LogP contribution in [0.5, 0.6) is 0 Å². The number of hydrogen-bond donors (Lipinski definition) is 2. The third kappa shape index (κ3) is 3.24. The maximum Gasteiger partial charge on any atom is 0.273 e. The van der Waals surface area contributed by atoms with Crippen LogP contribution in [-0.4, -0.2) is 21.9 Å². The number of carbonyl (C=O) groups excluding carboxylic acids is 1. The first-order valence-corrected chi connectivity index (χ1v) is 7.73. The van der Waals surface area contributed by atoms with E-state index in [1.54, 1.807) is 6.20 Å². The molecule has 1 heterocycles. The highest BCUT2D eigenvalue weighted by atomic mass is 16.2. The molecule has 0 saturated heterocycles. The van der Waals surface area contributed by atoms with Gasteiger partial charge in [-0.3, -0.25) is 4.79 Å². The van der Waals surface area contributed by atoms with Crippen LogP contribution >= 0.6 is 0 Å². The lowest BCUT2D eigenvalue weighted by Crippen LogP contribution is -2.37. The number of anilines is 1. The van der Waals surface area contributed by atoms with Gasteiger partial charge in [-0.25, -0.2) is 9.97 Å². The first-order valence-electron chi connectivity index (χ1n) is 7.73. The van der Waals surface area contributed by atoms with Crippen LogP contribution in [-0.2, 0) is 0 Å². The number of nitrogens with one attached hydrogen (secondary N) is 1. The molecule has 5 heteroatoms. The number of nitrogens with zero attached hydrogens (tertiary/aromatic N) is 2. The van der Waals surface area contributed by atoms with Gasteiger partial charge >= 0.3 is 0 Å². The van der Waals surface area contributed by atoms with Crippen LogP contribution in [0.2, 0.25) is 0 Å². The van der Waals surface area contributed by atoms with Gasteiger partial charge in [0.05, 0.1) is 11.9 Å². The molecule has 2 aromatic rings. The summed E-state index contributed by atoms with van der Waals surface area (Å²) in [7, 11) is 0. The van der Waals surface area contributed by atoms with Gasteiger partial charge in [-0.1, -0.05) is 49.6 Å². The van der Waals surface area contributed by atoms with Crippen molar-refractivity contribution in [3.63, 3.8) is 0 Å². The maximum absolute atomic E-state index is 12.4. The molecule has 1 saturated carbocycles. The number of nitrogen functional groups attached to an aromatic ring is 1. The van der Waals surface area contributed by atoms with Crippen molar-refractivity contribution < 1.29 is 4.79 Å². The van der Waals surface area contributed by atoms with Crippen molar-refractivity contribution in [2.45, 2.75) is 38.1 Å². The molecule has 1 aromatic carbocycles. The predicted octanol–water partition coefficient (Wildman–Crippen LogP) is 2.79. The average molecular weight is 296 g/mol. The SMILES string of the molecule is Nc1ncc(-c2ccccc2)nc1C(=O)NC1CCCCC1. The molecule has 1 aromatic heterocycles. The molecule has 0 radical (unpaired) electrons. The molecule has 22 heavy (non-hydrogen) atoms. The molecule has 0 spiro atoms. The smallest absolute Gasteiger partial charge is 0.273 e. The molecule has 5 nitrogen and oxygen atoms in total. The fourth-order valence-electron chi connectivity index (χ4n) is 2.81. The second-order valence-corrected chi connectivity index (χ2v) is 5.66. The van der Waals surface area contributed by atoms with Crippen LogP contribution in [0, 0.1) is 0 Å². The van der Waals surface area contributed by atoms with E-state index in [2.05, 4.69) is 15.3 Å². The molecule has 1 aliphatic rings. The largest absolute Gasteiger partial charge is 0.382 e. The zero-order chi connectivity index (χ0) is 15.4. The van der Waals surface area contributed by atoms with Crippen molar-refractivity contribution in [3.05, 3.63) is 42.2 Å². The Morgan fingerprint density at radius 2 is 1.86 bits per heavy atom. The van der Waals surface area contributed by atoms with Crippen LogP contribution < -0.4 is 11.1 Å². The van der Waals surface area contributed by atoms with E-state index in [0.717, 1.165) is 31.2 Å². The second kappa shape index (κ2) is 6.56. The van der Waals surface area contributed by atoms with Gasteiger partial charge in [0.2, 0.25) is 0 Å². The van der Waals surface area contributed by atoms with Crippen LogP contribution in [0.4, 0.5) is 5.82 Å². The van der Waals surface area contributed by atoms with E-state index >= 15 is 0 Å². The maximum atomic E-state index is 12.4. The van der Waals surface area contributed by atoms with Gasteiger partial charge in [-0.05, 0) is 12.8 Å². The fourth-order valence-corrected chi connectivity index (χ4v) is 2.81. The van der Waals surface area contributed by atoms with Crippen molar-refractivity contribution in [2.75, 3.05) is 5.73 Å². The van der Waals surface area contributed by atoms with Crippen LogP contribution in [0.1, 0.15) is 42.6 Å². The minimum absolute atomic E-state index is 0.174. The molecule has 0 unspecified atom stereocenters. The average Bonchev–Trinajstić information content (AvgIpc) is 2.57. The Morgan fingerprint density at radius 3 is 2.59 bits per heavy atom. The summed E-state index contributed by atoms with van der Waals surface area (Å²) < 4.78 is 0. The van der Waals surface area contributed by atoms with Gasteiger partial charge in [0.25, 0.3) is 5.91 Å². The highest BCUT2D eigenvalue weighted by molar-refractivity contribution is 5.97. The summed E-state index contributed by atoms with van der Waals surface area (Å²) in [5.74, 6) is -0.0531. The molecule has 1 amide bonds. The number of nitrogens with two attached hydrogens (primary N) is 1. The summed E-state index contributed by atoms with van der Waals surface area (Å²) in [6.45, 7) is 0. The Balaban J connectivity index is 1.81. The molecular weight excluding hydrogens is 276 g/mol. The van der Waals surface area contributed by atoms with Gasteiger partial charge in [0.15, 0.2) is 11.5 Å². The number of carbonyl (C=O) groups is 1. The zero-order valence-corrected chi connectivity index (χ0v) is 12.5. The van der Waals surface area contributed by atoms with Crippen molar-refractivity contribution >= 4 is 11.7 Å². The van der Waals surface area contributed by atoms with Gasteiger partial charge in [0.1, 0.15) is 0 Å². The Bertz CT molecular complexity index is 651. The summed E-state index contributed by atoms with van der Waals surface area (Å²) in [6.07, 6.45) is 7.22. The van der Waals surface area contributed by atoms with E-state index in [-0.39, 0.29) is 23.5 Å². The van der Waals surface area contributed by atoms with Crippen molar-refractivity contribution in [2.24, 2.45) is 0 Å². The van der Waals surface area contributed by atoms with Crippen molar-refractivity contribution in [1.29, 1.82) is 0 Å². The third-order valence-corrected chi connectivity index (χ3v) is 4.03. The minimum atomic E-state index is -0.227. The fraction of sp³-hybridized carbons (Fsp3) is 0.353. The number of amides is 1. The quantitative estimate of drug-likeness (QED) is 0.912. The Kier molecular flexibility index (Phi) is 4.32. The van der Waals surface area contributed by atoms with Crippen LogP contribution in [0.3, 0.4) is 0 Å². The van der Waals surface area contributed by atoms with E-state index in [4.69, 9.17) is 5.73 Å². The van der Waals surface area contributed by atoms with Gasteiger partial charge in [-0.2, -0.15) is 0 Å². The van der Waals surface area contributed by atoms with Crippen molar-refractivity contribution in [1.82, 2.24) is 15.3 Å². The Labute approximate surface area is 130 Å². The van der Waals surface area contributed by atoms with E-state index in [9.17, 15) is 4.79 Å². The molecule has 3 N–H and O–H groups in total. The molecule has 114 valence electrons. The first-order chi connectivity index (χ1) is 10.7. The Morgan fingerprint density at radius 1 is 1.14 bits per heavy atom. The Hall–Kier alpha value is -2.43. The normalized spacial score (nSPS) is 15.5. The number of benzene rings is 1. The van der Waals surface area contributed by atoms with Gasteiger partial charge < -0.3 is 11.1 Å².